The molecule has 0 bridgehead atoms. The summed E-state index contributed by atoms with van der Waals surface area (Å²) in [6, 6.07) is 1.93. The molecule has 0 aliphatic rings. The van der Waals surface area contributed by atoms with Gasteiger partial charge in [0.1, 0.15) is 5.82 Å². The van der Waals surface area contributed by atoms with Crippen LogP contribution < -0.4 is 0 Å². The fourth-order valence-electron chi connectivity index (χ4n) is 1.66. The van der Waals surface area contributed by atoms with E-state index in [1.54, 1.807) is 0 Å². The molecule has 0 radical (unpaired) electrons. The molecule has 0 aliphatic heterocycles. The molecule has 78 valence electrons. The Balaban J connectivity index is 2.91. The largest absolute Gasteiger partial charge is 0.240 e. The average Bonchev–Trinajstić information content (AvgIpc) is 2.01. The molecule has 0 aliphatic carbocycles. The van der Waals surface area contributed by atoms with Crippen LogP contribution in [0.5, 0.6) is 0 Å². The van der Waals surface area contributed by atoms with Crippen LogP contribution in [0.15, 0.2) is 12.3 Å². The first-order valence-electron chi connectivity index (χ1n) is 5.01. The zero-order valence-corrected chi connectivity index (χ0v) is 10.6. The summed E-state index contributed by atoms with van der Waals surface area (Å²) in [6.07, 6.45) is 2.92. The number of aromatic nitrogens is 2. The standard InChI is InChI=1S/C11H19N2P/c1-8(2)7-11(4,14)10-12-6-5-9(3)13-10/h5-6,8H,7,14H2,1-4H3. The molecule has 2 nitrogen and oxygen atoms in total. The zero-order chi connectivity index (χ0) is 10.8. The van der Waals surface area contributed by atoms with Crippen molar-refractivity contribution in [3.8, 4) is 0 Å². The van der Waals surface area contributed by atoms with Crippen LogP contribution in [-0.4, -0.2) is 9.97 Å². The smallest absolute Gasteiger partial charge is 0.138 e. The van der Waals surface area contributed by atoms with Crippen LogP contribution in [0.25, 0.3) is 0 Å². The molecule has 0 saturated heterocycles. The van der Waals surface area contributed by atoms with Crippen molar-refractivity contribution < 1.29 is 0 Å². The Labute approximate surface area is 88.8 Å². The number of hydrogen-bond acceptors (Lipinski definition) is 2. The molecule has 14 heavy (non-hydrogen) atoms. The van der Waals surface area contributed by atoms with Crippen molar-refractivity contribution in [3.63, 3.8) is 0 Å². The lowest BCUT2D eigenvalue weighted by molar-refractivity contribution is 0.470. The molecule has 1 heterocycles. The monoisotopic (exact) mass is 210 g/mol. The number of aryl methyl sites for hydroxylation is 1. The van der Waals surface area contributed by atoms with Crippen LogP contribution in [0.1, 0.15) is 38.7 Å². The second-order valence-electron chi connectivity index (χ2n) is 4.54. The highest BCUT2D eigenvalue weighted by atomic mass is 31.0. The molecule has 1 aromatic rings. The zero-order valence-electron chi connectivity index (χ0n) is 9.41. The van der Waals surface area contributed by atoms with E-state index in [2.05, 4.69) is 40.0 Å². The van der Waals surface area contributed by atoms with Crippen LogP contribution in [0.3, 0.4) is 0 Å². The molecule has 1 aromatic heterocycles. The van der Waals surface area contributed by atoms with E-state index in [1.165, 1.54) is 0 Å². The van der Waals surface area contributed by atoms with Gasteiger partial charge in [0.05, 0.1) is 0 Å². The van der Waals surface area contributed by atoms with Crippen LogP contribution >= 0.6 is 9.24 Å². The van der Waals surface area contributed by atoms with Gasteiger partial charge in [-0.05, 0) is 32.3 Å². The normalized spacial score (nSPS) is 15.6. The molecular formula is C11H19N2P. The fraction of sp³-hybridized carbons (Fsp3) is 0.636. The second kappa shape index (κ2) is 4.35. The maximum Gasteiger partial charge on any atom is 0.138 e. The minimum absolute atomic E-state index is 0.000185. The van der Waals surface area contributed by atoms with E-state index in [-0.39, 0.29) is 5.16 Å². The third kappa shape index (κ3) is 3.02. The predicted octanol–water partition coefficient (Wildman–Crippen LogP) is 2.92. The maximum absolute atomic E-state index is 4.47. The molecule has 0 fully saturated rings. The van der Waals surface area contributed by atoms with Gasteiger partial charge < -0.3 is 0 Å². The van der Waals surface area contributed by atoms with Crippen LogP contribution in [-0.2, 0) is 5.16 Å². The van der Waals surface area contributed by atoms with Gasteiger partial charge in [-0.1, -0.05) is 13.8 Å². The fourth-order valence-corrected chi connectivity index (χ4v) is 2.27. The highest BCUT2D eigenvalue weighted by Gasteiger charge is 2.25. The summed E-state index contributed by atoms with van der Waals surface area (Å²) in [7, 11) is 2.87. The second-order valence-corrected chi connectivity index (χ2v) is 5.81. The number of rotatable bonds is 3. The third-order valence-corrected chi connectivity index (χ3v) is 2.63. The van der Waals surface area contributed by atoms with Crippen molar-refractivity contribution in [2.45, 2.75) is 39.3 Å². The summed E-state index contributed by atoms with van der Waals surface area (Å²) in [5, 5.41) is 0.000185. The van der Waals surface area contributed by atoms with Crippen molar-refractivity contribution in [1.29, 1.82) is 0 Å². The first-order chi connectivity index (χ1) is 6.42. The van der Waals surface area contributed by atoms with Crippen molar-refractivity contribution in [1.82, 2.24) is 9.97 Å². The lowest BCUT2D eigenvalue weighted by atomic mass is 9.97. The van der Waals surface area contributed by atoms with Crippen LogP contribution in [0, 0.1) is 12.8 Å². The van der Waals surface area contributed by atoms with E-state index in [1.807, 2.05) is 19.2 Å². The van der Waals surface area contributed by atoms with Gasteiger partial charge in [0.15, 0.2) is 0 Å². The molecule has 0 saturated carbocycles. The third-order valence-electron chi connectivity index (χ3n) is 2.14. The summed E-state index contributed by atoms with van der Waals surface area (Å²) in [5.41, 5.74) is 1.03. The highest BCUT2D eigenvalue weighted by molar-refractivity contribution is 7.18. The van der Waals surface area contributed by atoms with E-state index in [4.69, 9.17) is 0 Å². The van der Waals surface area contributed by atoms with E-state index < -0.39 is 0 Å². The van der Waals surface area contributed by atoms with Gasteiger partial charge in [0.2, 0.25) is 0 Å². The Morgan fingerprint density at radius 2 is 2.14 bits per heavy atom. The summed E-state index contributed by atoms with van der Waals surface area (Å²) in [4.78, 5) is 8.80. The lowest BCUT2D eigenvalue weighted by Gasteiger charge is -2.24. The minimum atomic E-state index is 0.000185. The van der Waals surface area contributed by atoms with Gasteiger partial charge in [0, 0.05) is 17.0 Å². The molecule has 0 N–H and O–H groups in total. The minimum Gasteiger partial charge on any atom is -0.240 e. The Hall–Kier alpha value is -0.490. The predicted molar refractivity (Wildman–Crippen MR) is 63.3 cm³/mol. The lowest BCUT2D eigenvalue weighted by Crippen LogP contribution is -2.19. The van der Waals surface area contributed by atoms with Crippen molar-refractivity contribution in [2.24, 2.45) is 5.92 Å². The highest BCUT2D eigenvalue weighted by Crippen LogP contribution is 2.34. The van der Waals surface area contributed by atoms with Gasteiger partial charge in [-0.3, -0.25) is 0 Å². The van der Waals surface area contributed by atoms with Crippen molar-refractivity contribution >= 4 is 9.24 Å². The first kappa shape index (κ1) is 11.6. The van der Waals surface area contributed by atoms with Gasteiger partial charge in [-0.15, -0.1) is 9.24 Å². The summed E-state index contributed by atoms with van der Waals surface area (Å²) in [5.74, 6) is 1.58. The molecule has 2 unspecified atom stereocenters. The van der Waals surface area contributed by atoms with Gasteiger partial charge in [0.25, 0.3) is 0 Å². The van der Waals surface area contributed by atoms with E-state index in [9.17, 15) is 0 Å². The molecule has 0 amide bonds. The Bertz CT molecular complexity index is 308. The van der Waals surface area contributed by atoms with E-state index >= 15 is 0 Å². The van der Waals surface area contributed by atoms with Crippen LogP contribution in [0.4, 0.5) is 0 Å². The maximum atomic E-state index is 4.47. The van der Waals surface area contributed by atoms with Gasteiger partial charge in [-0.2, -0.15) is 0 Å². The molecule has 1 rings (SSSR count). The summed E-state index contributed by atoms with van der Waals surface area (Å²) >= 11 is 0. The Morgan fingerprint density at radius 1 is 1.50 bits per heavy atom. The molecule has 3 heteroatoms. The molecule has 0 spiro atoms. The van der Waals surface area contributed by atoms with Gasteiger partial charge in [-0.25, -0.2) is 9.97 Å². The Kier molecular flexibility index (Phi) is 3.60. The molecule has 2 atom stereocenters. The average molecular weight is 210 g/mol. The quantitative estimate of drug-likeness (QED) is 0.717. The SMILES string of the molecule is Cc1ccnc(C(C)(P)CC(C)C)n1. The van der Waals surface area contributed by atoms with Crippen molar-refractivity contribution in [3.05, 3.63) is 23.8 Å². The van der Waals surface area contributed by atoms with E-state index in [0.717, 1.165) is 17.9 Å². The van der Waals surface area contributed by atoms with Crippen molar-refractivity contribution in [2.75, 3.05) is 0 Å². The van der Waals surface area contributed by atoms with E-state index in [0.29, 0.717) is 5.92 Å². The first-order valence-corrected chi connectivity index (χ1v) is 5.58. The number of hydrogen-bond donors (Lipinski definition) is 0. The van der Waals surface area contributed by atoms with Crippen LogP contribution in [0.2, 0.25) is 0 Å². The summed E-state index contributed by atoms with van der Waals surface area (Å²) in [6.45, 7) is 8.62. The Morgan fingerprint density at radius 3 is 2.64 bits per heavy atom. The summed E-state index contributed by atoms with van der Waals surface area (Å²) < 4.78 is 0. The number of nitrogens with zero attached hydrogens (tertiary/aromatic N) is 2. The van der Waals surface area contributed by atoms with Gasteiger partial charge >= 0.3 is 0 Å². The topological polar surface area (TPSA) is 25.8 Å². The molecular weight excluding hydrogens is 191 g/mol. The molecule has 0 aromatic carbocycles.